The minimum absolute atomic E-state index is 0.0272. The van der Waals surface area contributed by atoms with Crippen LogP contribution in [0.4, 0.5) is 5.69 Å². The summed E-state index contributed by atoms with van der Waals surface area (Å²) in [5, 5.41) is 3.13. The predicted molar refractivity (Wildman–Crippen MR) is 160 cm³/mol. The van der Waals surface area contributed by atoms with Crippen LogP contribution in [0.25, 0.3) is 0 Å². The molecule has 3 aromatic carbocycles. The number of ether oxygens (including phenoxy) is 2. The third-order valence-electron chi connectivity index (χ3n) is 7.46. The Kier molecular flexibility index (Phi) is 9.35. The Morgan fingerprint density at radius 1 is 1.05 bits per heavy atom. The second-order valence-electron chi connectivity index (χ2n) is 10.3. The van der Waals surface area contributed by atoms with Crippen molar-refractivity contribution < 1.29 is 27.5 Å². The minimum atomic E-state index is -3.90. The Morgan fingerprint density at radius 3 is 2.57 bits per heavy atom. The fraction of sp³-hybridized carbons (Fsp3) is 0.355. The number of nitrogens with one attached hydrogen (secondary N) is 1. The van der Waals surface area contributed by atoms with Crippen molar-refractivity contribution in [2.24, 2.45) is 5.92 Å². The zero-order valence-corrected chi connectivity index (χ0v) is 24.9. The molecule has 2 atom stereocenters. The number of carbonyl (C=O) groups is 2. The van der Waals surface area contributed by atoms with E-state index >= 15 is 0 Å². The first-order valence-corrected chi connectivity index (χ1v) is 15.9. The van der Waals surface area contributed by atoms with Gasteiger partial charge in [-0.3, -0.25) is 9.59 Å². The summed E-state index contributed by atoms with van der Waals surface area (Å²) >= 11 is 6.27. The molecule has 222 valence electrons. The number of nitrogens with zero attached hydrogens (tertiary/aromatic N) is 2. The lowest BCUT2D eigenvalue weighted by atomic mass is 9.97. The van der Waals surface area contributed by atoms with Gasteiger partial charge in [0.25, 0.3) is 5.91 Å². The number of amides is 2. The van der Waals surface area contributed by atoms with Gasteiger partial charge in [-0.2, -0.15) is 4.31 Å². The zero-order valence-electron chi connectivity index (χ0n) is 23.4. The molecule has 1 N–H and O–H groups in total. The van der Waals surface area contributed by atoms with Crippen LogP contribution in [-0.4, -0.2) is 63.4 Å². The molecule has 3 aromatic rings. The van der Waals surface area contributed by atoms with Gasteiger partial charge < -0.3 is 19.7 Å². The number of rotatable bonds is 9. The number of fused-ring (bicyclic) bond motifs is 1. The number of benzene rings is 3. The number of piperidine rings is 1. The average molecular weight is 612 g/mol. The SMILES string of the molecule is CCOc1ccc(S(=O)(=O)N2CCC[C@H](C(=O)N3C[C@@H](C(=O)NCCc4ccccc4)Oc4ccccc43)C2)cc1Cl. The molecule has 2 heterocycles. The molecule has 11 heteroatoms. The van der Waals surface area contributed by atoms with Gasteiger partial charge in [0.1, 0.15) is 11.5 Å². The highest BCUT2D eigenvalue weighted by molar-refractivity contribution is 7.89. The van der Waals surface area contributed by atoms with E-state index in [0.29, 0.717) is 56.1 Å². The first-order chi connectivity index (χ1) is 20.3. The van der Waals surface area contributed by atoms with Gasteiger partial charge in [-0.05, 0) is 62.1 Å². The maximum atomic E-state index is 13.9. The van der Waals surface area contributed by atoms with Crippen LogP contribution in [-0.2, 0) is 26.0 Å². The van der Waals surface area contributed by atoms with Gasteiger partial charge in [-0.1, -0.05) is 54.1 Å². The third kappa shape index (κ3) is 6.56. The highest BCUT2D eigenvalue weighted by Crippen LogP contribution is 2.36. The Labute approximate surface area is 251 Å². The normalized spacial score (nSPS) is 19.0. The molecular weight excluding hydrogens is 578 g/mol. The summed E-state index contributed by atoms with van der Waals surface area (Å²) in [6.07, 6.45) is 0.830. The maximum absolute atomic E-state index is 13.9. The molecule has 5 rings (SSSR count). The second kappa shape index (κ2) is 13.1. The first kappa shape index (κ1) is 29.9. The highest BCUT2D eigenvalue weighted by Gasteiger charge is 2.39. The van der Waals surface area contributed by atoms with E-state index in [9.17, 15) is 18.0 Å². The van der Waals surface area contributed by atoms with Crippen LogP contribution in [0.1, 0.15) is 25.3 Å². The van der Waals surface area contributed by atoms with E-state index in [1.165, 1.54) is 16.4 Å². The van der Waals surface area contributed by atoms with Crippen molar-refractivity contribution in [1.29, 1.82) is 0 Å². The molecule has 2 aliphatic heterocycles. The van der Waals surface area contributed by atoms with E-state index in [2.05, 4.69) is 5.32 Å². The molecule has 0 spiro atoms. The van der Waals surface area contributed by atoms with Gasteiger partial charge in [0, 0.05) is 19.6 Å². The van der Waals surface area contributed by atoms with Crippen molar-refractivity contribution in [3.05, 3.63) is 83.4 Å². The topological polar surface area (TPSA) is 105 Å². The number of hydrogen-bond donors (Lipinski definition) is 1. The summed E-state index contributed by atoms with van der Waals surface area (Å²) in [5.41, 5.74) is 1.67. The van der Waals surface area contributed by atoms with Crippen LogP contribution >= 0.6 is 11.6 Å². The Hall–Kier alpha value is -3.60. The van der Waals surface area contributed by atoms with Gasteiger partial charge in [0.2, 0.25) is 15.9 Å². The smallest absolute Gasteiger partial charge is 0.262 e. The summed E-state index contributed by atoms with van der Waals surface area (Å²) in [7, 11) is -3.90. The average Bonchev–Trinajstić information content (AvgIpc) is 3.01. The van der Waals surface area contributed by atoms with Crippen molar-refractivity contribution in [3.8, 4) is 11.5 Å². The van der Waals surface area contributed by atoms with Crippen molar-refractivity contribution in [3.63, 3.8) is 0 Å². The molecule has 0 aliphatic carbocycles. The van der Waals surface area contributed by atoms with Crippen LogP contribution in [0.3, 0.4) is 0 Å². The molecule has 2 aliphatic rings. The van der Waals surface area contributed by atoms with Crippen LogP contribution in [0.5, 0.6) is 11.5 Å². The summed E-state index contributed by atoms with van der Waals surface area (Å²) in [4.78, 5) is 28.6. The fourth-order valence-electron chi connectivity index (χ4n) is 5.31. The number of anilines is 1. The lowest BCUT2D eigenvalue weighted by Crippen LogP contribution is -2.54. The highest BCUT2D eigenvalue weighted by atomic mass is 35.5. The number of halogens is 1. The molecular formula is C31H34ClN3O6S. The van der Waals surface area contributed by atoms with Crippen molar-refractivity contribution >= 4 is 39.1 Å². The summed E-state index contributed by atoms with van der Waals surface area (Å²) in [6.45, 7) is 3.01. The van der Waals surface area contributed by atoms with E-state index in [1.807, 2.05) is 37.3 Å². The number of sulfonamides is 1. The first-order valence-electron chi connectivity index (χ1n) is 14.1. The predicted octanol–water partition coefficient (Wildman–Crippen LogP) is 4.29. The zero-order chi connectivity index (χ0) is 29.7. The summed E-state index contributed by atoms with van der Waals surface area (Å²) in [6, 6.07) is 21.3. The number of para-hydroxylation sites is 2. The molecule has 42 heavy (non-hydrogen) atoms. The van der Waals surface area contributed by atoms with E-state index in [-0.39, 0.29) is 34.8 Å². The lowest BCUT2D eigenvalue weighted by molar-refractivity contribution is -0.129. The van der Waals surface area contributed by atoms with Gasteiger partial charge in [0.05, 0.1) is 34.7 Å². The molecule has 0 bridgehead atoms. The Morgan fingerprint density at radius 2 is 1.81 bits per heavy atom. The van der Waals surface area contributed by atoms with Crippen LogP contribution in [0, 0.1) is 5.92 Å². The quantitative estimate of drug-likeness (QED) is 0.387. The van der Waals surface area contributed by atoms with Crippen LogP contribution in [0.15, 0.2) is 77.7 Å². The second-order valence-corrected chi connectivity index (χ2v) is 12.6. The van der Waals surface area contributed by atoms with Crippen molar-refractivity contribution in [2.45, 2.75) is 37.2 Å². The molecule has 0 saturated carbocycles. The van der Waals surface area contributed by atoms with Gasteiger partial charge >= 0.3 is 0 Å². The number of carbonyl (C=O) groups excluding carboxylic acids is 2. The molecule has 0 unspecified atom stereocenters. The standard InChI is InChI=1S/C31H34ClN3O6S/c1-2-40-27-15-14-24(19-25(27)32)42(38,39)34-18-8-11-23(20-34)31(37)35-21-29(41-28-13-7-6-12-26(28)35)30(36)33-17-16-22-9-4-3-5-10-22/h3-7,9-10,12-15,19,23,29H,2,8,11,16-18,20-21H2,1H3,(H,33,36)/t23-,29-/m0/s1. The molecule has 0 radical (unpaired) electrons. The largest absolute Gasteiger partial charge is 0.492 e. The number of hydrogen-bond acceptors (Lipinski definition) is 6. The van der Waals surface area contributed by atoms with Crippen molar-refractivity contribution in [1.82, 2.24) is 9.62 Å². The minimum Gasteiger partial charge on any atom is -0.492 e. The van der Waals surface area contributed by atoms with E-state index in [0.717, 1.165) is 5.56 Å². The fourth-order valence-corrected chi connectivity index (χ4v) is 7.16. The van der Waals surface area contributed by atoms with Gasteiger partial charge in [-0.25, -0.2) is 8.42 Å². The maximum Gasteiger partial charge on any atom is 0.262 e. The molecule has 1 saturated heterocycles. The van der Waals surface area contributed by atoms with Crippen LogP contribution < -0.4 is 19.7 Å². The van der Waals surface area contributed by atoms with Gasteiger partial charge in [0.15, 0.2) is 6.10 Å². The van der Waals surface area contributed by atoms with E-state index < -0.39 is 22.0 Å². The van der Waals surface area contributed by atoms with E-state index in [1.54, 1.807) is 35.2 Å². The van der Waals surface area contributed by atoms with Crippen LogP contribution in [0.2, 0.25) is 5.02 Å². The van der Waals surface area contributed by atoms with Gasteiger partial charge in [-0.15, -0.1) is 0 Å². The third-order valence-corrected chi connectivity index (χ3v) is 9.62. The van der Waals surface area contributed by atoms with Crippen molar-refractivity contribution in [2.75, 3.05) is 37.7 Å². The molecule has 2 amide bonds. The summed E-state index contributed by atoms with van der Waals surface area (Å²) in [5.74, 6) is -0.283. The Bertz CT molecular complexity index is 1530. The Balaban J connectivity index is 1.29. The van der Waals surface area contributed by atoms with E-state index in [4.69, 9.17) is 21.1 Å². The molecule has 1 fully saturated rings. The molecule has 9 nitrogen and oxygen atoms in total. The monoisotopic (exact) mass is 611 g/mol. The lowest BCUT2D eigenvalue weighted by Gasteiger charge is -2.38. The summed E-state index contributed by atoms with van der Waals surface area (Å²) < 4.78 is 39.8. The molecule has 0 aromatic heterocycles.